The van der Waals surface area contributed by atoms with E-state index in [1.54, 1.807) is 54.4 Å². The number of hydrogen-bond acceptors (Lipinski definition) is 14. The summed E-state index contributed by atoms with van der Waals surface area (Å²) in [5, 5.41) is 41.9. The summed E-state index contributed by atoms with van der Waals surface area (Å²) in [7, 11) is 9.54. The van der Waals surface area contributed by atoms with Gasteiger partial charge in [0.25, 0.3) is 0 Å². The van der Waals surface area contributed by atoms with Crippen LogP contribution >= 0.6 is 0 Å². The third kappa shape index (κ3) is 33.7. The van der Waals surface area contributed by atoms with E-state index in [4.69, 9.17) is 33.2 Å². The fraction of sp³-hybridized carbons (Fsp3) is 0.304. The molecule has 138 heavy (non-hydrogen) atoms. The molecule has 0 aliphatic heterocycles. The number of ether oxygens (including phenoxy) is 7. The molecule has 0 spiro atoms. The number of amides is 12. The number of carbonyl (C=O) groups is 6. The van der Waals surface area contributed by atoms with E-state index in [0.29, 0.717) is 62.7 Å². The second-order valence-electron chi connectivity index (χ2n) is 33.5. The monoisotopic (exact) mass is 1880 g/mol. The number of urea groups is 6. The molecule has 0 aromatic heterocycles. The van der Waals surface area contributed by atoms with Crippen LogP contribution in [-0.2, 0) is 52.7 Å². The van der Waals surface area contributed by atoms with Crippen LogP contribution in [0.5, 0.6) is 40.2 Å². The lowest BCUT2D eigenvalue weighted by atomic mass is 10.0. The van der Waals surface area contributed by atoms with Crippen LogP contribution in [0.3, 0.4) is 0 Å². The smallest absolute Gasteiger partial charge is 0.318 e. The predicted octanol–water partition coefficient (Wildman–Crippen LogP) is 23.8. The molecule has 13 rings (SSSR count). The van der Waals surface area contributed by atoms with E-state index in [-0.39, 0.29) is 49.4 Å². The second-order valence-corrected chi connectivity index (χ2v) is 33.5. The SMILES string of the molecule is CCOc1cccc(NC(=O)NC)c1COc1ccc(C)cc1C.CCc1cccc(NC(=O)NC)c1COc1ccc(C)cc1C.CNC(=O)Nc1cccc(C)c1COc1ccc(C)cc1C.CNC(=O)Nc1cccc(C)c1COc1ccc(C)cc1C.CNC(=O)Nc1cccc(C2CC2)c1COc1ccc(C)cc1C.CNC(=O)Nc1cccc(CO)c1COc1ccc(C)cc1C. The molecule has 0 bridgehead atoms. The number of carbonyl (C=O) groups excluding carboxylic acids is 6. The summed E-state index contributed by atoms with van der Waals surface area (Å²) in [5.41, 5.74) is 29.2. The van der Waals surface area contributed by atoms with Crippen LogP contribution < -0.4 is 97.0 Å². The standard InChI is InChI=1S/C20H24N2O2.C19H24N2O3.C19H24N2O2.C18H22N2O3.2C18H22N2O2/c1-13-7-10-19(14(2)11-13)24-12-17-16(15-8-9-15)5-4-6-18(17)22-20(23)21-3;1-5-23-18-8-6-7-16(21-19(22)20-4)15(18)12-24-17-10-9-13(2)11-14(17)3;1-5-15-7-6-8-17(21-19(22)20-4)16(15)12-23-18-10-9-13(2)11-14(18)3;1-12-7-8-17(13(2)9-12)23-11-15-14(10-21)5-4-6-16(15)20-18(22)19-3;2*1-12-8-9-17(14(3)10-12)22-11-15-13(2)6-5-7-16(15)20-18(21)19-4/h4-7,10-11,15H,8-9,12H2,1-3H3,(H2,21,22,23);6-11H,5,12H2,1-4H3,(H2,20,21,22);6-11H,5,12H2,1-4H3,(H2,20,21,22);4-9,21H,10-11H2,1-3H3,(H2,19,20,22);2*5-10H,11H2,1-4H3,(H2,19,20,21). The van der Waals surface area contributed by atoms with Gasteiger partial charge in [0.05, 0.1) is 24.5 Å². The van der Waals surface area contributed by atoms with Crippen molar-refractivity contribution in [3.63, 3.8) is 0 Å². The molecule has 0 radical (unpaired) electrons. The maximum atomic E-state index is 11.7. The van der Waals surface area contributed by atoms with Gasteiger partial charge < -0.3 is 102 Å². The summed E-state index contributed by atoms with van der Waals surface area (Å²) in [6, 6.07) is 69.6. The van der Waals surface area contributed by atoms with Crippen molar-refractivity contribution in [1.82, 2.24) is 31.9 Å². The van der Waals surface area contributed by atoms with Gasteiger partial charge in [0, 0.05) is 98.5 Å². The minimum atomic E-state index is -0.312. The summed E-state index contributed by atoms with van der Waals surface area (Å²) >= 11 is 0. The lowest BCUT2D eigenvalue weighted by Crippen LogP contribution is -2.25. The number of aryl methyl sites for hydroxylation is 15. The van der Waals surface area contributed by atoms with E-state index in [2.05, 4.69) is 160 Å². The normalized spacial score (nSPS) is 10.8. The van der Waals surface area contributed by atoms with Crippen LogP contribution in [0.15, 0.2) is 218 Å². The van der Waals surface area contributed by atoms with Gasteiger partial charge in [0.15, 0.2) is 0 Å². The topological polar surface area (TPSA) is 332 Å². The van der Waals surface area contributed by atoms with Gasteiger partial charge in [-0.05, 0) is 269 Å². The molecular formula is C112H138N12O14. The first-order valence-corrected chi connectivity index (χ1v) is 46.2. The Morgan fingerprint density at radius 1 is 0.261 bits per heavy atom. The van der Waals surface area contributed by atoms with Gasteiger partial charge in [-0.3, -0.25) is 0 Å². The summed E-state index contributed by atoms with van der Waals surface area (Å²) in [5.74, 6) is 6.38. The van der Waals surface area contributed by atoms with Crippen molar-refractivity contribution < 1.29 is 67.0 Å². The zero-order valence-corrected chi connectivity index (χ0v) is 83.9. The Balaban J connectivity index is 0.000000203. The summed E-state index contributed by atoms with van der Waals surface area (Å²) in [4.78, 5) is 69.7. The van der Waals surface area contributed by atoms with Gasteiger partial charge in [-0.15, -0.1) is 0 Å². The number of aliphatic hydroxyl groups is 1. The second kappa shape index (κ2) is 55.0. The molecule has 12 amide bonds. The lowest BCUT2D eigenvalue weighted by molar-refractivity contribution is 0.253. The maximum Gasteiger partial charge on any atom is 0.318 e. The van der Waals surface area contributed by atoms with Crippen molar-refractivity contribution in [1.29, 1.82) is 0 Å². The van der Waals surface area contributed by atoms with E-state index >= 15 is 0 Å². The molecule has 730 valence electrons. The Morgan fingerprint density at radius 2 is 0.500 bits per heavy atom. The predicted molar refractivity (Wildman–Crippen MR) is 557 cm³/mol. The Morgan fingerprint density at radius 3 is 0.775 bits per heavy atom. The fourth-order valence-electron chi connectivity index (χ4n) is 14.9. The van der Waals surface area contributed by atoms with Gasteiger partial charge in [-0.25, -0.2) is 28.8 Å². The third-order valence-electron chi connectivity index (χ3n) is 22.6. The molecule has 1 aliphatic rings. The highest BCUT2D eigenvalue weighted by molar-refractivity contribution is 5.93. The number of nitrogens with one attached hydrogen (secondary N) is 12. The van der Waals surface area contributed by atoms with Crippen molar-refractivity contribution in [2.75, 3.05) is 80.8 Å². The molecule has 0 saturated heterocycles. The first kappa shape index (κ1) is 108. The van der Waals surface area contributed by atoms with Crippen LogP contribution in [0.2, 0.25) is 0 Å². The van der Waals surface area contributed by atoms with Gasteiger partial charge in [0.2, 0.25) is 0 Å². The van der Waals surface area contributed by atoms with Gasteiger partial charge in [0.1, 0.15) is 79.9 Å². The molecule has 1 aliphatic carbocycles. The number of hydrogen-bond donors (Lipinski definition) is 13. The van der Waals surface area contributed by atoms with E-state index in [1.807, 2.05) is 221 Å². The van der Waals surface area contributed by atoms with Crippen LogP contribution in [0.1, 0.15) is 161 Å². The summed E-state index contributed by atoms with van der Waals surface area (Å²) < 4.78 is 41.5. The largest absolute Gasteiger partial charge is 0.493 e. The molecule has 13 N–H and O–H groups in total. The summed E-state index contributed by atoms with van der Waals surface area (Å²) in [6.07, 6.45) is 3.30. The van der Waals surface area contributed by atoms with Crippen molar-refractivity contribution in [3.8, 4) is 40.2 Å². The first-order chi connectivity index (χ1) is 66.2. The third-order valence-corrected chi connectivity index (χ3v) is 22.6. The highest BCUT2D eigenvalue weighted by Gasteiger charge is 2.28. The molecule has 1 fully saturated rings. The minimum absolute atomic E-state index is 0.116. The number of benzene rings is 12. The number of aliphatic hydroxyl groups excluding tert-OH is 1. The first-order valence-electron chi connectivity index (χ1n) is 46.2. The Labute approximate surface area is 814 Å². The van der Waals surface area contributed by atoms with E-state index in [0.717, 1.165) is 147 Å². The van der Waals surface area contributed by atoms with Crippen molar-refractivity contribution in [3.05, 3.63) is 346 Å². The van der Waals surface area contributed by atoms with Crippen molar-refractivity contribution >= 4 is 70.3 Å². The quantitative estimate of drug-likeness (QED) is 0.0207. The van der Waals surface area contributed by atoms with Crippen LogP contribution in [0, 0.1) is 96.9 Å². The van der Waals surface area contributed by atoms with Crippen LogP contribution in [0.4, 0.5) is 62.9 Å². The molecule has 0 atom stereocenters. The molecule has 26 heteroatoms. The maximum absolute atomic E-state index is 11.7. The summed E-state index contributed by atoms with van der Waals surface area (Å²) in [6.45, 7) is 35.2. The Bertz CT molecular complexity index is 5870. The molecule has 0 unspecified atom stereocenters. The molecule has 26 nitrogen and oxygen atoms in total. The van der Waals surface area contributed by atoms with Crippen LogP contribution in [-0.4, -0.2) is 90.2 Å². The molecule has 12 aromatic carbocycles. The van der Waals surface area contributed by atoms with Crippen molar-refractivity contribution in [2.24, 2.45) is 0 Å². The zero-order chi connectivity index (χ0) is 100. The molecular weight excluding hydrogens is 1740 g/mol. The van der Waals surface area contributed by atoms with Gasteiger partial charge >= 0.3 is 36.2 Å². The molecule has 12 aromatic rings. The lowest BCUT2D eigenvalue weighted by Gasteiger charge is -2.17. The van der Waals surface area contributed by atoms with Crippen LogP contribution in [0.25, 0.3) is 0 Å². The zero-order valence-electron chi connectivity index (χ0n) is 83.9. The Hall–Kier alpha value is -15.2. The average Bonchev–Trinajstić information content (AvgIpc) is 1.67. The van der Waals surface area contributed by atoms with Gasteiger partial charge in [-0.2, -0.15) is 0 Å². The minimum Gasteiger partial charge on any atom is -0.493 e. The average molecular weight is 1880 g/mol. The Kier molecular flexibility index (Phi) is 43.1. The van der Waals surface area contributed by atoms with E-state index in [9.17, 15) is 33.9 Å². The van der Waals surface area contributed by atoms with Gasteiger partial charge in [-0.1, -0.05) is 180 Å². The number of anilines is 6. The van der Waals surface area contributed by atoms with E-state index < -0.39 is 0 Å². The molecule has 1 saturated carbocycles. The number of rotatable bonds is 29. The fourth-order valence-corrected chi connectivity index (χ4v) is 14.9. The highest BCUT2D eigenvalue weighted by Crippen LogP contribution is 2.44. The molecule has 0 heterocycles. The highest BCUT2D eigenvalue weighted by atomic mass is 16.5. The van der Waals surface area contributed by atoms with Crippen molar-refractivity contribution in [2.45, 2.75) is 182 Å². The van der Waals surface area contributed by atoms with E-state index in [1.165, 1.54) is 57.3 Å².